The Labute approximate surface area is 117 Å². The molecule has 0 aromatic rings. The molecule has 3 aliphatic rings. The molecule has 3 heterocycles. The lowest BCUT2D eigenvalue weighted by Gasteiger charge is -2.37. The fraction of sp³-hybridized carbons (Fsp3) is 0.769. The van der Waals surface area contributed by atoms with Gasteiger partial charge in [0.2, 0.25) is 5.91 Å². The lowest BCUT2D eigenvalue weighted by atomic mass is 9.92. The number of likely N-dealkylation sites (N-methyl/N-ethyl adjacent to an activating group) is 1. The molecule has 0 bridgehead atoms. The number of hydrogen-bond acceptors (Lipinski definition) is 4. The van der Waals surface area contributed by atoms with Crippen molar-refractivity contribution in [1.29, 1.82) is 0 Å². The Morgan fingerprint density at radius 1 is 1.35 bits per heavy atom. The highest BCUT2D eigenvalue weighted by atomic mass is 16.5. The maximum atomic E-state index is 12.4. The predicted octanol–water partition coefficient (Wildman–Crippen LogP) is -0.482. The van der Waals surface area contributed by atoms with Crippen molar-refractivity contribution in [3.8, 4) is 0 Å². The van der Waals surface area contributed by atoms with Gasteiger partial charge in [0.05, 0.1) is 19.3 Å². The highest BCUT2D eigenvalue weighted by molar-refractivity contribution is 6.04. The predicted molar refractivity (Wildman–Crippen MR) is 68.8 cm³/mol. The van der Waals surface area contributed by atoms with Crippen molar-refractivity contribution >= 4 is 17.8 Å². The third-order valence-electron chi connectivity index (χ3n) is 4.38. The summed E-state index contributed by atoms with van der Waals surface area (Å²) in [4.78, 5) is 40.1. The number of piperidine rings is 1. The van der Waals surface area contributed by atoms with Crippen LogP contribution in [0.4, 0.5) is 4.79 Å². The van der Waals surface area contributed by atoms with Crippen molar-refractivity contribution in [1.82, 2.24) is 14.7 Å². The quantitative estimate of drug-likeness (QED) is 0.641. The molecule has 20 heavy (non-hydrogen) atoms. The van der Waals surface area contributed by atoms with Gasteiger partial charge in [0.15, 0.2) is 0 Å². The van der Waals surface area contributed by atoms with Gasteiger partial charge < -0.3 is 14.5 Å². The number of carbonyl (C=O) groups excluding carboxylic acids is 3. The molecule has 0 aromatic heterocycles. The van der Waals surface area contributed by atoms with Crippen LogP contribution in [-0.4, -0.2) is 78.5 Å². The molecule has 3 fully saturated rings. The van der Waals surface area contributed by atoms with E-state index in [4.69, 9.17) is 4.74 Å². The summed E-state index contributed by atoms with van der Waals surface area (Å²) < 4.78 is 5.45. The first-order valence-corrected chi connectivity index (χ1v) is 7.00. The number of ether oxygens (including phenoxy) is 1. The third kappa shape index (κ3) is 2.15. The highest BCUT2D eigenvalue weighted by Gasteiger charge is 2.41. The SMILES string of the molecule is CN1CC(=O)N(CC(=O)N2CCC[C@H]3COC[C@H]32)C1=O. The monoisotopic (exact) mass is 281 g/mol. The molecule has 0 unspecified atom stereocenters. The topological polar surface area (TPSA) is 70.2 Å². The van der Waals surface area contributed by atoms with E-state index in [2.05, 4.69) is 0 Å². The summed E-state index contributed by atoms with van der Waals surface area (Å²) >= 11 is 0. The molecule has 0 N–H and O–H groups in total. The molecule has 2 atom stereocenters. The van der Waals surface area contributed by atoms with Gasteiger partial charge in [-0.05, 0) is 12.8 Å². The lowest BCUT2D eigenvalue weighted by Crippen LogP contribution is -2.52. The van der Waals surface area contributed by atoms with E-state index in [1.165, 1.54) is 4.90 Å². The molecular formula is C13H19N3O4. The summed E-state index contributed by atoms with van der Waals surface area (Å²) in [6, 6.07) is -0.277. The number of fused-ring (bicyclic) bond motifs is 1. The largest absolute Gasteiger partial charge is 0.379 e. The van der Waals surface area contributed by atoms with Gasteiger partial charge in [-0.3, -0.25) is 14.5 Å². The Hall–Kier alpha value is -1.63. The Balaban J connectivity index is 1.67. The van der Waals surface area contributed by atoms with E-state index in [0.29, 0.717) is 25.7 Å². The third-order valence-corrected chi connectivity index (χ3v) is 4.38. The Morgan fingerprint density at radius 2 is 2.15 bits per heavy atom. The van der Waals surface area contributed by atoms with Crippen LogP contribution in [0.1, 0.15) is 12.8 Å². The first-order valence-electron chi connectivity index (χ1n) is 7.00. The smallest absolute Gasteiger partial charge is 0.327 e. The van der Waals surface area contributed by atoms with Gasteiger partial charge >= 0.3 is 6.03 Å². The van der Waals surface area contributed by atoms with Gasteiger partial charge in [-0.25, -0.2) is 4.79 Å². The molecule has 0 saturated carbocycles. The van der Waals surface area contributed by atoms with Crippen molar-refractivity contribution in [3.05, 3.63) is 0 Å². The van der Waals surface area contributed by atoms with Gasteiger partial charge in [-0.1, -0.05) is 0 Å². The first-order chi connectivity index (χ1) is 9.58. The number of nitrogens with zero attached hydrogens (tertiary/aromatic N) is 3. The van der Waals surface area contributed by atoms with Crippen LogP contribution < -0.4 is 0 Å². The lowest BCUT2D eigenvalue weighted by molar-refractivity contribution is -0.139. The van der Waals surface area contributed by atoms with Crippen LogP contribution in [0.25, 0.3) is 0 Å². The minimum atomic E-state index is -0.389. The van der Waals surface area contributed by atoms with Gasteiger partial charge in [-0.15, -0.1) is 0 Å². The van der Waals surface area contributed by atoms with E-state index in [-0.39, 0.29) is 37.0 Å². The van der Waals surface area contributed by atoms with E-state index in [1.807, 2.05) is 0 Å². The van der Waals surface area contributed by atoms with Gasteiger partial charge in [0.1, 0.15) is 13.1 Å². The molecule has 7 nitrogen and oxygen atoms in total. The van der Waals surface area contributed by atoms with Crippen LogP contribution in [0.5, 0.6) is 0 Å². The maximum Gasteiger partial charge on any atom is 0.327 e. The fourth-order valence-corrected chi connectivity index (χ4v) is 3.26. The number of carbonyl (C=O) groups is 3. The molecule has 0 radical (unpaired) electrons. The molecule has 3 rings (SSSR count). The van der Waals surface area contributed by atoms with Crippen LogP contribution in [0.15, 0.2) is 0 Å². The molecule has 0 spiro atoms. The first kappa shape index (κ1) is 13.4. The molecule has 0 aliphatic carbocycles. The zero-order valence-electron chi connectivity index (χ0n) is 11.6. The van der Waals surface area contributed by atoms with E-state index in [1.54, 1.807) is 11.9 Å². The van der Waals surface area contributed by atoms with E-state index in [0.717, 1.165) is 17.7 Å². The average molecular weight is 281 g/mol. The number of hydrogen-bond donors (Lipinski definition) is 0. The molecule has 4 amide bonds. The van der Waals surface area contributed by atoms with E-state index in [9.17, 15) is 14.4 Å². The highest BCUT2D eigenvalue weighted by Crippen LogP contribution is 2.29. The standard InChI is InChI=1S/C13H19N3O4/c1-14-5-11(17)16(13(14)19)6-12(18)15-4-2-3-9-7-20-8-10(9)15/h9-10H,2-8H2,1H3/t9-,10+/m0/s1. The van der Waals surface area contributed by atoms with Gasteiger partial charge in [0, 0.05) is 19.5 Å². The molecule has 3 saturated heterocycles. The molecule has 0 aromatic carbocycles. The second-order valence-corrected chi connectivity index (χ2v) is 5.71. The van der Waals surface area contributed by atoms with Gasteiger partial charge in [-0.2, -0.15) is 0 Å². The van der Waals surface area contributed by atoms with Crippen molar-refractivity contribution in [3.63, 3.8) is 0 Å². The van der Waals surface area contributed by atoms with Gasteiger partial charge in [0.25, 0.3) is 5.91 Å². The van der Waals surface area contributed by atoms with Crippen molar-refractivity contribution in [2.24, 2.45) is 5.92 Å². The summed E-state index contributed by atoms with van der Waals surface area (Å²) in [6.07, 6.45) is 2.04. The summed E-state index contributed by atoms with van der Waals surface area (Å²) in [6.45, 7) is 1.87. The summed E-state index contributed by atoms with van der Waals surface area (Å²) in [7, 11) is 1.56. The Bertz CT molecular complexity index is 453. The second-order valence-electron chi connectivity index (χ2n) is 5.71. The van der Waals surface area contributed by atoms with Crippen LogP contribution in [0.2, 0.25) is 0 Å². The molecular weight excluding hydrogens is 262 g/mol. The summed E-state index contributed by atoms with van der Waals surface area (Å²) in [5.41, 5.74) is 0. The Kier molecular flexibility index (Phi) is 3.37. The van der Waals surface area contributed by atoms with Crippen molar-refractivity contribution < 1.29 is 19.1 Å². The zero-order valence-corrected chi connectivity index (χ0v) is 11.6. The normalized spacial score (nSPS) is 30.1. The number of urea groups is 1. The molecule has 7 heteroatoms. The van der Waals surface area contributed by atoms with Crippen LogP contribution in [0.3, 0.4) is 0 Å². The second kappa shape index (κ2) is 5.05. The van der Waals surface area contributed by atoms with Crippen LogP contribution >= 0.6 is 0 Å². The van der Waals surface area contributed by atoms with Crippen molar-refractivity contribution in [2.75, 3.05) is 39.9 Å². The minimum Gasteiger partial charge on any atom is -0.379 e. The van der Waals surface area contributed by atoms with Crippen molar-refractivity contribution in [2.45, 2.75) is 18.9 Å². The fourth-order valence-electron chi connectivity index (χ4n) is 3.26. The van der Waals surface area contributed by atoms with E-state index < -0.39 is 0 Å². The Morgan fingerprint density at radius 3 is 2.85 bits per heavy atom. The number of rotatable bonds is 2. The molecule has 110 valence electrons. The number of likely N-dealkylation sites (tertiary alicyclic amines) is 1. The average Bonchev–Trinajstić information content (AvgIpc) is 2.99. The summed E-state index contributed by atoms with van der Waals surface area (Å²) in [5.74, 6) is -0.0513. The summed E-state index contributed by atoms with van der Waals surface area (Å²) in [5, 5.41) is 0. The molecule has 3 aliphatic heterocycles. The number of imide groups is 1. The number of amides is 4. The van der Waals surface area contributed by atoms with Crippen LogP contribution in [-0.2, 0) is 14.3 Å². The minimum absolute atomic E-state index is 0.0568. The maximum absolute atomic E-state index is 12.4. The van der Waals surface area contributed by atoms with Crippen LogP contribution in [0, 0.1) is 5.92 Å². The van der Waals surface area contributed by atoms with E-state index >= 15 is 0 Å². The zero-order chi connectivity index (χ0) is 14.3.